The summed E-state index contributed by atoms with van der Waals surface area (Å²) in [5, 5.41) is 14.4. The molecule has 3 nitrogen and oxygen atoms in total. The molecular formula is C27H34ClN3. The van der Waals surface area contributed by atoms with Crippen LogP contribution in [0.3, 0.4) is 0 Å². The molecule has 2 atom stereocenters. The van der Waals surface area contributed by atoms with Gasteiger partial charge in [0, 0.05) is 40.3 Å². The Balaban J connectivity index is 1.42. The van der Waals surface area contributed by atoms with E-state index in [0.29, 0.717) is 18.3 Å². The van der Waals surface area contributed by atoms with Gasteiger partial charge in [-0.05, 0) is 69.1 Å². The maximum Gasteiger partial charge on any atom is 0.0741 e. The van der Waals surface area contributed by atoms with Crippen LogP contribution in [0.25, 0.3) is 10.9 Å². The Hall–Kier alpha value is -2.05. The zero-order valence-electron chi connectivity index (χ0n) is 18.7. The first-order valence-electron chi connectivity index (χ1n) is 12.1. The molecule has 0 fully saturated rings. The number of nitrogens with one attached hydrogen (secondary N) is 1. The third kappa shape index (κ3) is 5.42. The lowest BCUT2D eigenvalue weighted by atomic mass is 9.71. The quantitative estimate of drug-likeness (QED) is 0.304. The molecule has 4 heteroatoms. The number of rotatable bonds is 10. The highest BCUT2D eigenvalue weighted by Crippen LogP contribution is 2.47. The largest absolute Gasteiger partial charge is 0.384 e. The van der Waals surface area contributed by atoms with Crippen molar-refractivity contribution in [2.24, 2.45) is 5.92 Å². The summed E-state index contributed by atoms with van der Waals surface area (Å²) in [7, 11) is 0. The zero-order chi connectivity index (χ0) is 21.6. The Labute approximate surface area is 191 Å². The van der Waals surface area contributed by atoms with Crippen molar-refractivity contribution in [2.45, 2.75) is 83.5 Å². The highest BCUT2D eigenvalue weighted by Gasteiger charge is 2.33. The number of hydrogen-bond donors (Lipinski definition) is 1. The van der Waals surface area contributed by atoms with Crippen LogP contribution in [-0.4, -0.2) is 11.5 Å². The molecule has 1 heterocycles. The van der Waals surface area contributed by atoms with Crippen molar-refractivity contribution in [3.05, 3.63) is 46.1 Å². The molecule has 1 aromatic heterocycles. The number of fused-ring (bicyclic) bond motifs is 5. The van der Waals surface area contributed by atoms with E-state index in [-0.39, 0.29) is 0 Å². The fourth-order valence-corrected chi connectivity index (χ4v) is 5.67. The van der Waals surface area contributed by atoms with E-state index < -0.39 is 0 Å². The first-order valence-corrected chi connectivity index (χ1v) is 12.4. The molecule has 0 amide bonds. The lowest BCUT2D eigenvalue weighted by Crippen LogP contribution is -2.24. The van der Waals surface area contributed by atoms with Gasteiger partial charge in [0.05, 0.1) is 11.6 Å². The van der Waals surface area contributed by atoms with Gasteiger partial charge in [0.1, 0.15) is 0 Å². The lowest BCUT2D eigenvalue weighted by molar-refractivity contribution is 0.433. The zero-order valence-corrected chi connectivity index (χ0v) is 19.5. The highest BCUT2D eigenvalue weighted by molar-refractivity contribution is 6.31. The molecule has 4 rings (SSSR count). The Morgan fingerprint density at radius 3 is 2.68 bits per heavy atom. The van der Waals surface area contributed by atoms with Crippen LogP contribution in [0, 0.1) is 17.2 Å². The second-order valence-corrected chi connectivity index (χ2v) is 9.87. The van der Waals surface area contributed by atoms with E-state index >= 15 is 0 Å². The second-order valence-electron chi connectivity index (χ2n) is 9.43. The predicted octanol–water partition coefficient (Wildman–Crippen LogP) is 7.94. The van der Waals surface area contributed by atoms with Gasteiger partial charge in [-0.25, -0.2) is 0 Å². The van der Waals surface area contributed by atoms with Crippen molar-refractivity contribution in [3.8, 4) is 6.07 Å². The standard InChI is InChI=1S/C27H34ClN3/c1-19-14-20-16-21(15-19)26-25(17-20)31-24-18-22(28)10-11-23(24)27(26)30-13-9-7-5-3-2-4-6-8-12-29/h10-11,14,18,20-21H,2-9,13,15-17H2,1H3,(H,30,31). The predicted molar refractivity (Wildman–Crippen MR) is 131 cm³/mol. The number of hydrogen-bond acceptors (Lipinski definition) is 3. The van der Waals surface area contributed by atoms with Gasteiger partial charge < -0.3 is 5.32 Å². The van der Waals surface area contributed by atoms with Crippen LogP contribution in [0.2, 0.25) is 5.02 Å². The minimum atomic E-state index is 0.585. The summed E-state index contributed by atoms with van der Waals surface area (Å²) in [6.45, 7) is 3.29. The van der Waals surface area contributed by atoms with Crippen LogP contribution in [0.4, 0.5) is 5.69 Å². The van der Waals surface area contributed by atoms with Gasteiger partial charge in [-0.3, -0.25) is 4.98 Å². The van der Waals surface area contributed by atoms with Gasteiger partial charge >= 0.3 is 0 Å². The van der Waals surface area contributed by atoms with Gasteiger partial charge in [-0.15, -0.1) is 0 Å². The van der Waals surface area contributed by atoms with E-state index in [1.807, 2.05) is 12.1 Å². The highest BCUT2D eigenvalue weighted by atomic mass is 35.5. The van der Waals surface area contributed by atoms with Gasteiger partial charge in [0.25, 0.3) is 0 Å². The molecule has 2 aliphatic rings. The number of unbranched alkanes of at least 4 members (excludes halogenated alkanes) is 7. The van der Waals surface area contributed by atoms with Gasteiger partial charge in [0.15, 0.2) is 0 Å². The molecule has 0 saturated heterocycles. The number of nitriles is 1. The molecular weight excluding hydrogens is 402 g/mol. The number of pyridine rings is 1. The molecule has 2 aliphatic carbocycles. The smallest absolute Gasteiger partial charge is 0.0741 e. The van der Waals surface area contributed by atoms with E-state index in [0.717, 1.165) is 36.3 Å². The average Bonchev–Trinajstić information content (AvgIpc) is 2.73. The van der Waals surface area contributed by atoms with E-state index in [2.05, 4.69) is 30.5 Å². The minimum absolute atomic E-state index is 0.585. The van der Waals surface area contributed by atoms with Crippen LogP contribution in [0.15, 0.2) is 29.8 Å². The second kappa shape index (κ2) is 10.5. The molecule has 31 heavy (non-hydrogen) atoms. The average molecular weight is 436 g/mol. The third-order valence-electron chi connectivity index (χ3n) is 6.87. The van der Waals surface area contributed by atoms with Crippen LogP contribution >= 0.6 is 11.6 Å². The summed E-state index contributed by atoms with van der Waals surface area (Å²) >= 11 is 6.30. The molecule has 0 aliphatic heterocycles. The van der Waals surface area contributed by atoms with Crippen LogP contribution in [0.1, 0.15) is 88.3 Å². The number of aromatic nitrogens is 1. The van der Waals surface area contributed by atoms with E-state index in [4.69, 9.17) is 21.8 Å². The maximum absolute atomic E-state index is 8.60. The first kappa shape index (κ1) is 22.2. The molecule has 2 unspecified atom stereocenters. The topological polar surface area (TPSA) is 48.7 Å². The van der Waals surface area contributed by atoms with Crippen molar-refractivity contribution < 1.29 is 0 Å². The van der Waals surface area contributed by atoms with E-state index in [1.54, 1.807) is 0 Å². The molecule has 164 valence electrons. The molecule has 0 saturated carbocycles. The summed E-state index contributed by atoms with van der Waals surface area (Å²) in [5.41, 5.74) is 6.61. The minimum Gasteiger partial charge on any atom is -0.384 e. The molecule has 1 N–H and O–H groups in total. The molecule has 1 aromatic carbocycles. The molecule has 0 radical (unpaired) electrons. The van der Waals surface area contributed by atoms with Gasteiger partial charge in [0.2, 0.25) is 0 Å². The Morgan fingerprint density at radius 1 is 1.10 bits per heavy atom. The van der Waals surface area contributed by atoms with Crippen molar-refractivity contribution in [1.29, 1.82) is 5.26 Å². The Bertz CT molecular complexity index is 988. The third-order valence-corrected chi connectivity index (χ3v) is 7.11. The van der Waals surface area contributed by atoms with E-state index in [1.165, 1.54) is 72.8 Å². The summed E-state index contributed by atoms with van der Waals surface area (Å²) in [6, 6.07) is 8.38. The van der Waals surface area contributed by atoms with Crippen LogP contribution in [0.5, 0.6) is 0 Å². The number of allylic oxidation sites excluding steroid dienone is 2. The van der Waals surface area contributed by atoms with Crippen molar-refractivity contribution in [3.63, 3.8) is 0 Å². The normalized spacial score (nSPS) is 19.6. The lowest BCUT2D eigenvalue weighted by Gasteiger charge is -2.36. The molecule has 2 bridgehead atoms. The van der Waals surface area contributed by atoms with Gasteiger partial charge in [-0.1, -0.05) is 55.4 Å². The molecule has 2 aromatic rings. The van der Waals surface area contributed by atoms with Gasteiger partial charge in [-0.2, -0.15) is 5.26 Å². The number of halogens is 1. The number of nitrogens with zero attached hydrogens (tertiary/aromatic N) is 2. The van der Waals surface area contributed by atoms with Crippen LogP contribution in [-0.2, 0) is 6.42 Å². The fourth-order valence-electron chi connectivity index (χ4n) is 5.50. The monoisotopic (exact) mass is 435 g/mol. The molecule has 0 spiro atoms. The summed E-state index contributed by atoms with van der Waals surface area (Å²) in [6.07, 6.45) is 15.2. The van der Waals surface area contributed by atoms with E-state index in [9.17, 15) is 0 Å². The summed E-state index contributed by atoms with van der Waals surface area (Å²) in [4.78, 5) is 5.07. The van der Waals surface area contributed by atoms with Crippen molar-refractivity contribution in [2.75, 3.05) is 11.9 Å². The first-order chi connectivity index (χ1) is 15.2. The maximum atomic E-state index is 8.60. The Morgan fingerprint density at radius 2 is 1.87 bits per heavy atom. The fraction of sp³-hybridized carbons (Fsp3) is 0.556. The van der Waals surface area contributed by atoms with Crippen LogP contribution < -0.4 is 5.32 Å². The van der Waals surface area contributed by atoms with Crippen molar-refractivity contribution >= 4 is 28.2 Å². The SMILES string of the molecule is CC1=CC2Cc3nc4cc(Cl)ccc4c(NCCCCCCCCCC#N)c3C(C1)C2. The number of anilines is 1. The summed E-state index contributed by atoms with van der Waals surface area (Å²) < 4.78 is 0. The Kier molecular flexibility index (Phi) is 7.51. The number of benzene rings is 1. The van der Waals surface area contributed by atoms with Crippen molar-refractivity contribution in [1.82, 2.24) is 4.98 Å². The summed E-state index contributed by atoms with van der Waals surface area (Å²) in [5.74, 6) is 1.22.